The lowest BCUT2D eigenvalue weighted by molar-refractivity contribution is -0.118. The molecule has 0 bridgehead atoms. The molecule has 1 amide bonds. The molecule has 1 aliphatic heterocycles. The van der Waals surface area contributed by atoms with E-state index in [4.69, 9.17) is 9.72 Å². The lowest BCUT2D eigenvalue weighted by Gasteiger charge is -2.26. The van der Waals surface area contributed by atoms with Crippen molar-refractivity contribution in [2.75, 3.05) is 18.1 Å². The minimum Gasteiger partial charge on any atom is -0.382 e. The van der Waals surface area contributed by atoms with Crippen LogP contribution in [0.4, 0.5) is 5.69 Å². The van der Waals surface area contributed by atoms with Crippen molar-refractivity contribution in [2.24, 2.45) is 0 Å². The minimum atomic E-state index is -0.380. The van der Waals surface area contributed by atoms with Crippen molar-refractivity contribution in [1.82, 2.24) is 9.55 Å². The Bertz CT molecular complexity index is 1180. The number of nitrogens with zero attached hydrogens (tertiary/aromatic N) is 3. The van der Waals surface area contributed by atoms with E-state index in [-0.39, 0.29) is 22.8 Å². The maximum Gasteiger partial charge on any atom is 0.262 e. The van der Waals surface area contributed by atoms with Crippen LogP contribution in [0.15, 0.2) is 58.5 Å². The number of para-hydroxylation sites is 2. The van der Waals surface area contributed by atoms with Crippen LogP contribution in [0, 0.1) is 0 Å². The SMILES string of the molecule is CCOCCCn1c(S[C@@H](C)C(=O)N2c3ccccc3C[C@@H]2C)nc2ccccc2c1=O. The van der Waals surface area contributed by atoms with Crippen LogP contribution < -0.4 is 10.5 Å². The third kappa shape index (κ3) is 4.45. The molecular weight excluding hydrogens is 422 g/mol. The third-order valence-corrected chi connectivity index (χ3v) is 6.85. The fourth-order valence-corrected chi connectivity index (χ4v) is 5.19. The van der Waals surface area contributed by atoms with Gasteiger partial charge in [-0.3, -0.25) is 14.2 Å². The molecule has 4 rings (SSSR count). The number of hydrogen-bond donors (Lipinski definition) is 0. The van der Waals surface area contributed by atoms with Gasteiger partial charge in [0.05, 0.1) is 16.2 Å². The summed E-state index contributed by atoms with van der Waals surface area (Å²) in [4.78, 5) is 33.3. The van der Waals surface area contributed by atoms with Crippen molar-refractivity contribution >= 4 is 34.3 Å². The largest absolute Gasteiger partial charge is 0.382 e. The molecule has 6 nitrogen and oxygen atoms in total. The molecule has 0 aliphatic carbocycles. The second kappa shape index (κ2) is 9.88. The molecule has 2 aromatic carbocycles. The Morgan fingerprint density at radius 1 is 1.22 bits per heavy atom. The molecule has 7 heteroatoms. The molecule has 168 valence electrons. The molecule has 2 heterocycles. The first-order valence-corrected chi connectivity index (χ1v) is 12.0. The lowest BCUT2D eigenvalue weighted by Crippen LogP contribution is -2.40. The van der Waals surface area contributed by atoms with Crippen LogP contribution in [0.25, 0.3) is 10.9 Å². The van der Waals surface area contributed by atoms with E-state index in [1.165, 1.54) is 17.3 Å². The summed E-state index contributed by atoms with van der Waals surface area (Å²) in [5.41, 5.74) is 2.76. The van der Waals surface area contributed by atoms with E-state index in [9.17, 15) is 9.59 Å². The van der Waals surface area contributed by atoms with Crippen molar-refractivity contribution < 1.29 is 9.53 Å². The predicted octanol–water partition coefficient (Wildman–Crippen LogP) is 4.28. The predicted molar refractivity (Wildman–Crippen MR) is 130 cm³/mol. The number of anilines is 1. The van der Waals surface area contributed by atoms with Crippen molar-refractivity contribution in [1.29, 1.82) is 0 Å². The van der Waals surface area contributed by atoms with E-state index in [2.05, 4.69) is 13.0 Å². The van der Waals surface area contributed by atoms with Crippen molar-refractivity contribution in [3.05, 3.63) is 64.4 Å². The van der Waals surface area contributed by atoms with E-state index in [0.717, 1.165) is 12.1 Å². The quantitative estimate of drug-likeness (QED) is 0.291. The summed E-state index contributed by atoms with van der Waals surface area (Å²) in [5.74, 6) is 0.0377. The van der Waals surface area contributed by atoms with Gasteiger partial charge in [-0.15, -0.1) is 0 Å². The first-order chi connectivity index (χ1) is 15.5. The number of amides is 1. The second-order valence-electron chi connectivity index (χ2n) is 8.07. The first kappa shape index (κ1) is 22.6. The van der Waals surface area contributed by atoms with Gasteiger partial charge in [0, 0.05) is 31.5 Å². The summed E-state index contributed by atoms with van der Waals surface area (Å²) in [5, 5.41) is 0.787. The monoisotopic (exact) mass is 451 g/mol. The summed E-state index contributed by atoms with van der Waals surface area (Å²) >= 11 is 1.35. The van der Waals surface area contributed by atoms with Gasteiger partial charge >= 0.3 is 0 Å². The van der Waals surface area contributed by atoms with Crippen LogP contribution in [0.3, 0.4) is 0 Å². The van der Waals surface area contributed by atoms with E-state index < -0.39 is 0 Å². The van der Waals surface area contributed by atoms with Gasteiger partial charge in [-0.1, -0.05) is 42.1 Å². The molecule has 1 aliphatic rings. The van der Waals surface area contributed by atoms with Crippen LogP contribution >= 0.6 is 11.8 Å². The van der Waals surface area contributed by atoms with Crippen molar-refractivity contribution in [3.63, 3.8) is 0 Å². The molecule has 0 radical (unpaired) electrons. The molecule has 1 aromatic heterocycles. The highest BCUT2D eigenvalue weighted by molar-refractivity contribution is 8.00. The standard InChI is InChI=1S/C25H29N3O3S/c1-4-31-15-9-14-27-24(30)20-11-6-7-12-21(20)26-25(27)32-18(3)23(29)28-17(2)16-19-10-5-8-13-22(19)28/h5-8,10-13,17-18H,4,9,14-16H2,1-3H3/t17-,18-/m0/s1. The number of rotatable bonds is 8. The molecule has 0 saturated carbocycles. The van der Waals surface area contributed by atoms with Crippen LogP contribution in [0.1, 0.15) is 32.8 Å². The second-order valence-corrected chi connectivity index (χ2v) is 9.38. The topological polar surface area (TPSA) is 64.4 Å². The number of carbonyl (C=O) groups is 1. The fourth-order valence-electron chi connectivity index (χ4n) is 4.21. The van der Waals surface area contributed by atoms with Gasteiger partial charge in [0.1, 0.15) is 0 Å². The zero-order valence-electron chi connectivity index (χ0n) is 18.8. The van der Waals surface area contributed by atoms with Crippen LogP contribution in [-0.4, -0.2) is 40.0 Å². The van der Waals surface area contributed by atoms with Crippen molar-refractivity contribution in [3.8, 4) is 0 Å². The Kier molecular flexibility index (Phi) is 6.96. The molecule has 0 unspecified atom stereocenters. The minimum absolute atomic E-state index is 0.0377. The van der Waals surface area contributed by atoms with E-state index in [1.54, 1.807) is 10.6 Å². The van der Waals surface area contributed by atoms with E-state index in [0.29, 0.717) is 42.2 Å². The molecule has 0 spiro atoms. The Morgan fingerprint density at radius 2 is 1.97 bits per heavy atom. The van der Waals surface area contributed by atoms with Gasteiger partial charge in [0.25, 0.3) is 5.56 Å². The number of ether oxygens (including phenoxy) is 1. The Balaban J connectivity index is 1.62. The first-order valence-electron chi connectivity index (χ1n) is 11.2. The summed E-state index contributed by atoms with van der Waals surface area (Å²) in [7, 11) is 0. The Morgan fingerprint density at radius 3 is 2.78 bits per heavy atom. The number of carbonyl (C=O) groups excluding carboxylic acids is 1. The van der Waals surface area contributed by atoms with Gasteiger partial charge in [-0.25, -0.2) is 4.98 Å². The third-order valence-electron chi connectivity index (χ3n) is 5.78. The van der Waals surface area contributed by atoms with Gasteiger partial charge < -0.3 is 9.64 Å². The highest BCUT2D eigenvalue weighted by Gasteiger charge is 2.34. The zero-order chi connectivity index (χ0) is 22.7. The highest BCUT2D eigenvalue weighted by atomic mass is 32.2. The summed E-state index contributed by atoms with van der Waals surface area (Å²) < 4.78 is 7.14. The Hall–Kier alpha value is -2.64. The molecule has 3 aromatic rings. The fraction of sp³-hybridized carbons (Fsp3) is 0.400. The van der Waals surface area contributed by atoms with Crippen LogP contribution in [-0.2, 0) is 22.5 Å². The lowest BCUT2D eigenvalue weighted by atomic mass is 10.1. The van der Waals surface area contributed by atoms with Crippen LogP contribution in [0.2, 0.25) is 0 Å². The van der Waals surface area contributed by atoms with Gasteiger partial charge in [0.2, 0.25) is 5.91 Å². The van der Waals surface area contributed by atoms with Crippen molar-refractivity contribution in [2.45, 2.75) is 56.6 Å². The number of hydrogen-bond acceptors (Lipinski definition) is 5. The maximum absolute atomic E-state index is 13.5. The Labute approximate surface area is 192 Å². The van der Waals surface area contributed by atoms with E-state index >= 15 is 0 Å². The molecule has 32 heavy (non-hydrogen) atoms. The average molecular weight is 452 g/mol. The zero-order valence-corrected chi connectivity index (χ0v) is 19.6. The number of fused-ring (bicyclic) bond motifs is 2. The van der Waals surface area contributed by atoms with Gasteiger partial charge in [0.15, 0.2) is 5.16 Å². The maximum atomic E-state index is 13.5. The molecule has 0 saturated heterocycles. The highest BCUT2D eigenvalue weighted by Crippen LogP contribution is 2.34. The normalized spacial score (nSPS) is 16.3. The summed E-state index contributed by atoms with van der Waals surface area (Å²) in [6, 6.07) is 15.5. The number of benzene rings is 2. The molecule has 2 atom stereocenters. The summed E-state index contributed by atoms with van der Waals surface area (Å²) in [6.07, 6.45) is 1.57. The molecule has 0 fully saturated rings. The summed E-state index contributed by atoms with van der Waals surface area (Å²) in [6.45, 7) is 7.66. The molecular formula is C25H29N3O3S. The average Bonchev–Trinajstić information content (AvgIpc) is 3.13. The van der Waals surface area contributed by atoms with Gasteiger partial charge in [-0.2, -0.15) is 0 Å². The smallest absolute Gasteiger partial charge is 0.262 e. The number of aromatic nitrogens is 2. The van der Waals surface area contributed by atoms with Crippen LogP contribution in [0.5, 0.6) is 0 Å². The van der Waals surface area contributed by atoms with E-state index in [1.807, 2.05) is 55.1 Å². The van der Waals surface area contributed by atoms with Gasteiger partial charge in [-0.05, 0) is 57.4 Å². The number of thioether (sulfide) groups is 1. The molecule has 0 N–H and O–H groups in total.